The molecule has 0 spiro atoms. The molecule has 3 nitrogen and oxygen atoms in total. The standard InChI is InChI=1S/C11H12ClN3S/c1-7(13-2)10-6-16-11(15-10)9-4-3-8(12)5-14-9/h3-7,13H,1-2H3. The van der Waals surface area contributed by atoms with Gasteiger partial charge < -0.3 is 5.32 Å². The molecule has 84 valence electrons. The Balaban J connectivity index is 2.28. The smallest absolute Gasteiger partial charge is 0.142 e. The minimum atomic E-state index is 0.261. The van der Waals surface area contributed by atoms with E-state index in [1.807, 2.05) is 24.6 Å². The maximum Gasteiger partial charge on any atom is 0.142 e. The Labute approximate surface area is 104 Å². The quantitative estimate of drug-likeness (QED) is 0.913. The molecule has 0 radical (unpaired) electrons. The monoisotopic (exact) mass is 253 g/mol. The summed E-state index contributed by atoms with van der Waals surface area (Å²) in [6, 6.07) is 3.97. The van der Waals surface area contributed by atoms with E-state index >= 15 is 0 Å². The number of rotatable bonds is 3. The highest BCUT2D eigenvalue weighted by Crippen LogP contribution is 2.25. The number of aromatic nitrogens is 2. The van der Waals surface area contributed by atoms with Crippen molar-refractivity contribution in [2.24, 2.45) is 0 Å². The van der Waals surface area contributed by atoms with Crippen molar-refractivity contribution in [3.8, 4) is 10.7 Å². The Kier molecular flexibility index (Phi) is 3.53. The van der Waals surface area contributed by atoms with Crippen molar-refractivity contribution in [2.75, 3.05) is 7.05 Å². The second kappa shape index (κ2) is 4.91. The number of thiazole rings is 1. The van der Waals surface area contributed by atoms with E-state index in [1.165, 1.54) is 0 Å². The first-order valence-corrected chi connectivity index (χ1v) is 6.21. The molecule has 0 fully saturated rings. The largest absolute Gasteiger partial charge is 0.312 e. The van der Waals surface area contributed by atoms with Crippen LogP contribution in [-0.4, -0.2) is 17.0 Å². The van der Waals surface area contributed by atoms with E-state index < -0.39 is 0 Å². The van der Waals surface area contributed by atoms with Crippen LogP contribution in [0.4, 0.5) is 0 Å². The molecule has 16 heavy (non-hydrogen) atoms. The SMILES string of the molecule is CNC(C)c1csc(-c2ccc(Cl)cn2)n1. The van der Waals surface area contributed by atoms with Gasteiger partial charge in [-0.25, -0.2) is 4.98 Å². The third kappa shape index (κ3) is 2.40. The minimum absolute atomic E-state index is 0.261. The molecule has 1 N–H and O–H groups in total. The van der Waals surface area contributed by atoms with Gasteiger partial charge in [0.05, 0.1) is 16.4 Å². The molecule has 0 aliphatic carbocycles. The average molecular weight is 254 g/mol. The van der Waals surface area contributed by atoms with Crippen LogP contribution in [0.3, 0.4) is 0 Å². The predicted octanol–water partition coefficient (Wildman–Crippen LogP) is 3.14. The lowest BCUT2D eigenvalue weighted by Crippen LogP contribution is -2.12. The number of hydrogen-bond donors (Lipinski definition) is 1. The van der Waals surface area contributed by atoms with Gasteiger partial charge in [0, 0.05) is 17.6 Å². The van der Waals surface area contributed by atoms with Crippen LogP contribution in [-0.2, 0) is 0 Å². The van der Waals surface area contributed by atoms with Crippen molar-refractivity contribution in [3.05, 3.63) is 34.4 Å². The molecular weight excluding hydrogens is 242 g/mol. The summed E-state index contributed by atoms with van der Waals surface area (Å²) in [4.78, 5) is 8.77. The fraction of sp³-hybridized carbons (Fsp3) is 0.273. The van der Waals surface area contributed by atoms with Gasteiger partial charge in [0.25, 0.3) is 0 Å². The van der Waals surface area contributed by atoms with Gasteiger partial charge in [0.15, 0.2) is 0 Å². The van der Waals surface area contributed by atoms with E-state index in [2.05, 4.69) is 22.2 Å². The van der Waals surface area contributed by atoms with Gasteiger partial charge in [-0.2, -0.15) is 0 Å². The highest BCUT2D eigenvalue weighted by Gasteiger charge is 2.09. The molecule has 0 aliphatic rings. The van der Waals surface area contributed by atoms with Gasteiger partial charge in [0.1, 0.15) is 5.01 Å². The van der Waals surface area contributed by atoms with Crippen LogP contribution < -0.4 is 5.32 Å². The zero-order chi connectivity index (χ0) is 11.5. The molecule has 2 aromatic heterocycles. The fourth-order valence-electron chi connectivity index (χ4n) is 1.25. The number of nitrogens with one attached hydrogen (secondary N) is 1. The van der Waals surface area contributed by atoms with Crippen molar-refractivity contribution < 1.29 is 0 Å². The second-order valence-electron chi connectivity index (χ2n) is 3.45. The molecule has 0 saturated heterocycles. The lowest BCUT2D eigenvalue weighted by Gasteiger charge is -2.04. The summed E-state index contributed by atoms with van der Waals surface area (Å²) < 4.78 is 0. The van der Waals surface area contributed by atoms with Crippen LogP contribution in [0.5, 0.6) is 0 Å². The Bertz CT molecular complexity index is 466. The summed E-state index contributed by atoms with van der Waals surface area (Å²) in [5, 5.41) is 6.77. The van der Waals surface area contributed by atoms with Gasteiger partial charge >= 0.3 is 0 Å². The lowest BCUT2D eigenvalue weighted by molar-refractivity contribution is 0.637. The fourth-order valence-corrected chi connectivity index (χ4v) is 2.25. The van der Waals surface area contributed by atoms with E-state index in [0.29, 0.717) is 5.02 Å². The summed E-state index contributed by atoms with van der Waals surface area (Å²) >= 11 is 7.38. The molecular formula is C11H12ClN3S. The maximum absolute atomic E-state index is 5.79. The first-order chi connectivity index (χ1) is 7.70. The van der Waals surface area contributed by atoms with Crippen molar-refractivity contribution >= 4 is 22.9 Å². The Morgan fingerprint density at radius 1 is 1.44 bits per heavy atom. The number of pyridine rings is 1. The molecule has 5 heteroatoms. The first-order valence-electron chi connectivity index (χ1n) is 4.95. The normalized spacial score (nSPS) is 12.7. The van der Waals surface area contributed by atoms with Crippen LogP contribution >= 0.6 is 22.9 Å². The van der Waals surface area contributed by atoms with E-state index in [4.69, 9.17) is 11.6 Å². The van der Waals surface area contributed by atoms with Crippen molar-refractivity contribution in [3.63, 3.8) is 0 Å². The summed E-state index contributed by atoms with van der Waals surface area (Å²) in [7, 11) is 1.92. The average Bonchev–Trinajstić information content (AvgIpc) is 2.78. The molecule has 2 heterocycles. The minimum Gasteiger partial charge on any atom is -0.312 e. The Hall–Kier alpha value is -0.970. The van der Waals surface area contributed by atoms with Gasteiger partial charge in [-0.1, -0.05) is 11.6 Å². The Morgan fingerprint density at radius 3 is 2.88 bits per heavy atom. The first kappa shape index (κ1) is 11.5. The highest BCUT2D eigenvalue weighted by molar-refractivity contribution is 7.13. The molecule has 0 aliphatic heterocycles. The van der Waals surface area contributed by atoms with Crippen molar-refractivity contribution in [1.82, 2.24) is 15.3 Å². The zero-order valence-corrected chi connectivity index (χ0v) is 10.6. The van der Waals surface area contributed by atoms with Crippen LogP contribution in [0.25, 0.3) is 10.7 Å². The van der Waals surface area contributed by atoms with Gasteiger partial charge in [0.2, 0.25) is 0 Å². The molecule has 0 bridgehead atoms. The molecule has 1 unspecified atom stereocenters. The summed E-state index contributed by atoms with van der Waals surface area (Å²) in [5.41, 5.74) is 1.91. The number of halogens is 1. The van der Waals surface area contributed by atoms with E-state index in [9.17, 15) is 0 Å². The van der Waals surface area contributed by atoms with Crippen LogP contribution in [0, 0.1) is 0 Å². The molecule has 2 aromatic rings. The second-order valence-corrected chi connectivity index (χ2v) is 4.74. The van der Waals surface area contributed by atoms with Gasteiger partial charge in [-0.15, -0.1) is 11.3 Å². The third-order valence-corrected chi connectivity index (χ3v) is 3.45. The van der Waals surface area contributed by atoms with Gasteiger partial charge in [-0.05, 0) is 26.1 Å². The summed E-state index contributed by atoms with van der Waals surface area (Å²) in [6.45, 7) is 2.08. The summed E-state index contributed by atoms with van der Waals surface area (Å²) in [6.07, 6.45) is 1.64. The van der Waals surface area contributed by atoms with E-state index in [-0.39, 0.29) is 6.04 Å². The number of hydrogen-bond acceptors (Lipinski definition) is 4. The van der Waals surface area contributed by atoms with Crippen LogP contribution in [0.2, 0.25) is 5.02 Å². The zero-order valence-electron chi connectivity index (χ0n) is 9.07. The Morgan fingerprint density at radius 2 is 2.25 bits per heavy atom. The van der Waals surface area contributed by atoms with Gasteiger partial charge in [-0.3, -0.25) is 4.98 Å². The van der Waals surface area contributed by atoms with Crippen LogP contribution in [0.15, 0.2) is 23.7 Å². The number of nitrogens with zero attached hydrogens (tertiary/aromatic N) is 2. The molecule has 0 saturated carbocycles. The molecule has 0 amide bonds. The van der Waals surface area contributed by atoms with Crippen molar-refractivity contribution in [2.45, 2.75) is 13.0 Å². The molecule has 0 aromatic carbocycles. The van der Waals surface area contributed by atoms with Crippen molar-refractivity contribution in [1.29, 1.82) is 0 Å². The summed E-state index contributed by atoms with van der Waals surface area (Å²) in [5.74, 6) is 0. The van der Waals surface area contributed by atoms with Crippen LogP contribution in [0.1, 0.15) is 18.7 Å². The topological polar surface area (TPSA) is 37.8 Å². The highest BCUT2D eigenvalue weighted by atomic mass is 35.5. The predicted molar refractivity (Wildman–Crippen MR) is 67.8 cm³/mol. The lowest BCUT2D eigenvalue weighted by atomic mass is 10.3. The molecule has 2 rings (SSSR count). The molecule has 1 atom stereocenters. The maximum atomic E-state index is 5.79. The third-order valence-electron chi connectivity index (χ3n) is 2.35. The van der Waals surface area contributed by atoms with E-state index in [1.54, 1.807) is 17.5 Å². The van der Waals surface area contributed by atoms with E-state index in [0.717, 1.165) is 16.4 Å².